The number of methoxy groups -OCH3 is 2. The van der Waals surface area contributed by atoms with Gasteiger partial charge in [0, 0.05) is 63.7 Å². The summed E-state index contributed by atoms with van der Waals surface area (Å²) >= 11 is 0. The Labute approximate surface area is 216 Å². The first-order valence-electron chi connectivity index (χ1n) is 11.8. The van der Waals surface area contributed by atoms with Gasteiger partial charge in [0.2, 0.25) is 0 Å². The van der Waals surface area contributed by atoms with Gasteiger partial charge in [0.1, 0.15) is 5.70 Å². The Morgan fingerprint density at radius 3 is 2.54 bits per heavy atom. The molecule has 3 heterocycles. The van der Waals surface area contributed by atoms with Crippen LogP contribution in [0.2, 0.25) is 0 Å². The Kier molecular flexibility index (Phi) is 7.34. The van der Waals surface area contributed by atoms with Crippen molar-refractivity contribution in [2.45, 2.75) is 13.0 Å². The molecule has 0 saturated carbocycles. The van der Waals surface area contributed by atoms with E-state index in [1.807, 2.05) is 31.2 Å². The molecule has 0 radical (unpaired) electrons. The van der Waals surface area contributed by atoms with Crippen LogP contribution in [-0.4, -0.2) is 95.1 Å². The second-order valence-corrected chi connectivity index (χ2v) is 8.89. The Morgan fingerprint density at radius 1 is 1.14 bits per heavy atom. The molecular formula is C27H30N6O4. The van der Waals surface area contributed by atoms with Crippen LogP contribution in [0, 0.1) is 12.3 Å². The number of aromatic nitrogens is 3. The molecule has 37 heavy (non-hydrogen) atoms. The molecule has 1 saturated heterocycles. The topological polar surface area (TPSA) is 92.5 Å². The molecule has 1 aliphatic rings. The lowest BCUT2D eigenvalue weighted by molar-refractivity contribution is -0.132. The number of fused-ring (bicyclic) bond motifs is 1. The van der Waals surface area contributed by atoms with Crippen LogP contribution in [-0.2, 0) is 4.79 Å². The zero-order valence-electron chi connectivity index (χ0n) is 21.6. The lowest BCUT2D eigenvalue weighted by Gasteiger charge is -2.40. The number of rotatable bonds is 6. The Balaban J connectivity index is 1.57. The normalized spacial score (nSPS) is 15.9. The summed E-state index contributed by atoms with van der Waals surface area (Å²) in [6.45, 7) is 3.07. The van der Waals surface area contributed by atoms with E-state index in [0.717, 1.165) is 11.3 Å². The second kappa shape index (κ2) is 10.6. The Bertz CT molecular complexity index is 1400. The molecule has 0 N–H and O–H groups in total. The van der Waals surface area contributed by atoms with Crippen LogP contribution in [0.4, 0.5) is 0 Å². The maximum atomic E-state index is 13.4. The number of carbonyl (C=O) groups is 2. The number of terminal acetylenes is 1. The van der Waals surface area contributed by atoms with Gasteiger partial charge in [-0.05, 0) is 31.2 Å². The number of likely N-dealkylation sites (N-methyl/N-ethyl adjacent to an activating group) is 1. The first-order chi connectivity index (χ1) is 17.8. The quantitative estimate of drug-likeness (QED) is 0.377. The van der Waals surface area contributed by atoms with Gasteiger partial charge in [-0.3, -0.25) is 9.59 Å². The van der Waals surface area contributed by atoms with Gasteiger partial charge < -0.3 is 24.2 Å². The summed E-state index contributed by atoms with van der Waals surface area (Å²) < 4.78 is 12.4. The third-order valence-corrected chi connectivity index (χ3v) is 6.35. The molecule has 4 rings (SSSR count). The number of hydrogen-bond donors (Lipinski definition) is 0. The van der Waals surface area contributed by atoms with Gasteiger partial charge in [-0.2, -0.15) is 5.10 Å². The van der Waals surface area contributed by atoms with E-state index in [1.54, 1.807) is 59.8 Å². The van der Waals surface area contributed by atoms with Crippen LogP contribution >= 0.6 is 0 Å². The summed E-state index contributed by atoms with van der Waals surface area (Å²) in [5.41, 5.74) is 2.86. The molecular weight excluding hydrogens is 472 g/mol. The maximum absolute atomic E-state index is 13.4. The summed E-state index contributed by atoms with van der Waals surface area (Å²) in [6.07, 6.45) is 8.54. The molecule has 0 unspecified atom stereocenters. The molecule has 0 bridgehead atoms. The van der Waals surface area contributed by atoms with Gasteiger partial charge in [0.15, 0.2) is 22.8 Å². The van der Waals surface area contributed by atoms with Crippen LogP contribution in [0.3, 0.4) is 0 Å². The molecule has 2 aromatic heterocycles. The number of nitrogens with zero attached hydrogens (tertiary/aromatic N) is 6. The summed E-state index contributed by atoms with van der Waals surface area (Å²) in [6, 6.07) is 8.88. The molecule has 0 spiro atoms. The molecule has 1 fully saturated rings. The van der Waals surface area contributed by atoms with Crippen molar-refractivity contribution < 1.29 is 19.1 Å². The fraction of sp³-hybridized carbons (Fsp3) is 0.333. The van der Waals surface area contributed by atoms with E-state index >= 15 is 0 Å². The van der Waals surface area contributed by atoms with Gasteiger partial charge in [0.05, 0.1) is 19.9 Å². The summed E-state index contributed by atoms with van der Waals surface area (Å²) in [7, 11) is 6.72. The van der Waals surface area contributed by atoms with E-state index in [-0.39, 0.29) is 23.6 Å². The number of allylic oxidation sites excluding steroid dienone is 1. The standard InChI is InChI=1S/C27H30N6O4/c1-7-8-22(30(3)4)27(35)32-14-13-31(17-18(32)2)26(34)20-16-25-28-12-11-21(33(25)29-20)19-9-10-23(36-5)24(15-19)37-6/h1,8-12,15-16,18H,13-14,17H2,2-6H3/b22-8-/t18-/m0/s1. The van der Waals surface area contributed by atoms with Gasteiger partial charge in [-0.15, -0.1) is 6.42 Å². The Hall–Kier alpha value is -4.52. The lowest BCUT2D eigenvalue weighted by atomic mass is 10.1. The van der Waals surface area contributed by atoms with Gasteiger partial charge in [-0.25, -0.2) is 9.50 Å². The van der Waals surface area contributed by atoms with Gasteiger partial charge in [0.25, 0.3) is 11.8 Å². The fourth-order valence-corrected chi connectivity index (χ4v) is 4.43. The van der Waals surface area contributed by atoms with Gasteiger partial charge >= 0.3 is 0 Å². The summed E-state index contributed by atoms with van der Waals surface area (Å²) in [4.78, 5) is 36.0. The van der Waals surface area contributed by atoms with E-state index in [2.05, 4.69) is 16.0 Å². The molecule has 1 atom stereocenters. The zero-order chi connectivity index (χ0) is 26.7. The van der Waals surface area contributed by atoms with Crippen molar-refractivity contribution in [3.05, 3.63) is 54.0 Å². The largest absolute Gasteiger partial charge is 0.493 e. The smallest absolute Gasteiger partial charge is 0.274 e. The molecule has 1 aliphatic heterocycles. The number of carbonyl (C=O) groups excluding carboxylic acids is 2. The average molecular weight is 503 g/mol. The van der Waals surface area contributed by atoms with Crippen LogP contribution in [0.1, 0.15) is 17.4 Å². The minimum absolute atomic E-state index is 0.154. The van der Waals surface area contributed by atoms with E-state index in [1.165, 1.54) is 6.08 Å². The third kappa shape index (κ3) is 4.93. The highest BCUT2D eigenvalue weighted by Gasteiger charge is 2.33. The summed E-state index contributed by atoms with van der Waals surface area (Å²) in [5.74, 6) is 3.27. The van der Waals surface area contributed by atoms with Crippen LogP contribution in [0.5, 0.6) is 11.5 Å². The molecule has 0 aliphatic carbocycles. The number of amides is 2. The number of benzene rings is 1. The monoisotopic (exact) mass is 502 g/mol. The Morgan fingerprint density at radius 2 is 1.89 bits per heavy atom. The van der Waals surface area contributed by atoms with Crippen molar-refractivity contribution in [3.63, 3.8) is 0 Å². The van der Waals surface area contributed by atoms with Crippen LogP contribution in [0.25, 0.3) is 16.9 Å². The lowest BCUT2D eigenvalue weighted by Crippen LogP contribution is -2.56. The SMILES string of the molecule is C#C/C=C(/C(=O)N1CCN(C(=O)c2cc3nccc(-c4ccc(OC)c(OC)c4)n3n2)C[C@@H]1C)N(C)C. The minimum Gasteiger partial charge on any atom is -0.493 e. The van der Waals surface area contributed by atoms with E-state index in [0.29, 0.717) is 42.5 Å². The molecule has 10 heteroatoms. The predicted molar refractivity (Wildman–Crippen MR) is 139 cm³/mol. The van der Waals surface area contributed by atoms with Gasteiger partial charge in [-0.1, -0.05) is 5.92 Å². The zero-order valence-corrected chi connectivity index (χ0v) is 21.6. The molecule has 2 amide bonds. The van der Waals surface area contributed by atoms with Crippen LogP contribution in [0.15, 0.2) is 48.3 Å². The fourth-order valence-electron chi connectivity index (χ4n) is 4.43. The molecule has 1 aromatic carbocycles. The van der Waals surface area contributed by atoms with Crippen LogP contribution < -0.4 is 9.47 Å². The first-order valence-corrected chi connectivity index (χ1v) is 11.8. The van der Waals surface area contributed by atoms with Crippen molar-refractivity contribution in [1.82, 2.24) is 29.3 Å². The number of piperazine rings is 1. The van der Waals surface area contributed by atoms with Crippen molar-refractivity contribution >= 4 is 17.5 Å². The minimum atomic E-state index is -0.213. The molecule has 10 nitrogen and oxygen atoms in total. The highest BCUT2D eigenvalue weighted by Crippen LogP contribution is 2.32. The first kappa shape index (κ1) is 25.6. The predicted octanol–water partition coefficient (Wildman–Crippen LogP) is 2.17. The van der Waals surface area contributed by atoms with E-state index in [9.17, 15) is 9.59 Å². The number of ether oxygens (including phenoxy) is 2. The van der Waals surface area contributed by atoms with Crippen molar-refractivity contribution in [2.75, 3.05) is 47.9 Å². The van der Waals surface area contributed by atoms with Crippen molar-refractivity contribution in [3.8, 4) is 35.1 Å². The maximum Gasteiger partial charge on any atom is 0.274 e. The summed E-state index contributed by atoms with van der Waals surface area (Å²) in [5, 5.41) is 4.59. The highest BCUT2D eigenvalue weighted by molar-refractivity contribution is 5.95. The molecule has 3 aromatic rings. The second-order valence-electron chi connectivity index (χ2n) is 8.89. The van der Waals surface area contributed by atoms with E-state index in [4.69, 9.17) is 15.9 Å². The third-order valence-electron chi connectivity index (χ3n) is 6.35. The highest BCUT2D eigenvalue weighted by atomic mass is 16.5. The average Bonchev–Trinajstić information content (AvgIpc) is 3.35. The van der Waals surface area contributed by atoms with Crippen molar-refractivity contribution in [2.24, 2.45) is 0 Å². The molecule has 192 valence electrons. The van der Waals surface area contributed by atoms with E-state index < -0.39 is 0 Å². The van der Waals surface area contributed by atoms with Crippen molar-refractivity contribution in [1.29, 1.82) is 0 Å². The number of hydrogen-bond acceptors (Lipinski definition) is 7.